The fourth-order valence-electron chi connectivity index (χ4n) is 2.23. The van der Waals surface area contributed by atoms with Gasteiger partial charge in [-0.15, -0.1) is 5.10 Å². The first-order valence-electron chi connectivity index (χ1n) is 7.75. The molecule has 26 heavy (non-hydrogen) atoms. The van der Waals surface area contributed by atoms with Gasteiger partial charge in [-0.05, 0) is 54.9 Å². The fourth-order valence-corrected chi connectivity index (χ4v) is 3.08. The van der Waals surface area contributed by atoms with Gasteiger partial charge in [0.1, 0.15) is 10.6 Å². The molecule has 0 aliphatic rings. The van der Waals surface area contributed by atoms with E-state index >= 15 is 0 Å². The van der Waals surface area contributed by atoms with Gasteiger partial charge in [0.15, 0.2) is 0 Å². The summed E-state index contributed by atoms with van der Waals surface area (Å²) in [6, 6.07) is 14.0. The number of carbonyl (C=O) groups excluding carboxylic acids is 2. The Morgan fingerprint density at radius 1 is 1.12 bits per heavy atom. The molecule has 0 saturated carbocycles. The van der Waals surface area contributed by atoms with Crippen LogP contribution < -0.4 is 5.32 Å². The minimum atomic E-state index is -0.394. The quantitative estimate of drug-likeness (QED) is 0.605. The Hall–Kier alpha value is -2.58. The van der Waals surface area contributed by atoms with E-state index < -0.39 is 5.97 Å². The summed E-state index contributed by atoms with van der Waals surface area (Å²) in [4.78, 5) is 24.7. The molecule has 3 aromatic rings. The third-order valence-electron chi connectivity index (χ3n) is 3.47. The van der Waals surface area contributed by atoms with Gasteiger partial charge >= 0.3 is 5.97 Å². The second-order valence-electron chi connectivity index (χ2n) is 5.21. The smallest absolute Gasteiger partial charge is 0.338 e. The topological polar surface area (TPSA) is 81.2 Å². The number of carbonyl (C=O) groups is 2. The van der Waals surface area contributed by atoms with Crippen molar-refractivity contribution in [1.29, 1.82) is 0 Å². The molecule has 1 aromatic heterocycles. The van der Waals surface area contributed by atoms with Crippen molar-refractivity contribution < 1.29 is 14.3 Å². The Bertz CT molecular complexity index is 924. The van der Waals surface area contributed by atoms with Crippen LogP contribution in [0.2, 0.25) is 0 Å². The molecule has 0 aliphatic carbocycles. The Labute approximate surface area is 162 Å². The number of hydrogen-bond donors (Lipinski definition) is 1. The molecule has 0 fully saturated rings. The van der Waals surface area contributed by atoms with Crippen LogP contribution in [0.3, 0.4) is 0 Å². The molecule has 0 atom stereocenters. The van der Waals surface area contributed by atoms with Gasteiger partial charge in [0.05, 0.1) is 12.2 Å². The lowest BCUT2D eigenvalue weighted by Crippen LogP contribution is -2.12. The molecule has 2 aromatic carbocycles. The number of amides is 1. The molecule has 0 aliphatic heterocycles. The van der Waals surface area contributed by atoms with Crippen LogP contribution in [0.15, 0.2) is 53.0 Å². The van der Waals surface area contributed by atoms with Crippen LogP contribution in [-0.4, -0.2) is 28.1 Å². The predicted molar refractivity (Wildman–Crippen MR) is 103 cm³/mol. The number of anilines is 1. The number of nitrogens with zero attached hydrogens (tertiary/aromatic N) is 2. The van der Waals surface area contributed by atoms with Crippen LogP contribution >= 0.6 is 27.5 Å². The van der Waals surface area contributed by atoms with Gasteiger partial charge in [-0.1, -0.05) is 32.6 Å². The molecule has 0 bridgehead atoms. The molecule has 1 N–H and O–H groups in total. The van der Waals surface area contributed by atoms with Crippen LogP contribution in [0.1, 0.15) is 27.0 Å². The average molecular weight is 432 g/mol. The zero-order chi connectivity index (χ0) is 18.5. The molecule has 0 spiro atoms. The van der Waals surface area contributed by atoms with Crippen LogP contribution in [-0.2, 0) is 4.74 Å². The van der Waals surface area contributed by atoms with Gasteiger partial charge in [-0.2, -0.15) is 0 Å². The summed E-state index contributed by atoms with van der Waals surface area (Å²) in [5.41, 5.74) is 2.34. The standard InChI is InChI=1S/C18H14BrN3O3S/c1-2-25-18(24)12-5-9-14(10-6-12)20-17(23)16-15(21-22-26-16)11-3-7-13(19)8-4-11/h3-10H,2H2,1H3,(H,20,23). The first-order valence-corrected chi connectivity index (χ1v) is 9.32. The van der Waals surface area contributed by atoms with E-state index in [1.54, 1.807) is 31.2 Å². The molecular weight excluding hydrogens is 418 g/mol. The van der Waals surface area contributed by atoms with E-state index in [0.29, 0.717) is 28.4 Å². The first-order chi connectivity index (χ1) is 12.6. The molecule has 0 radical (unpaired) electrons. The van der Waals surface area contributed by atoms with E-state index in [2.05, 4.69) is 30.8 Å². The monoisotopic (exact) mass is 431 g/mol. The molecular formula is C18H14BrN3O3S. The summed E-state index contributed by atoms with van der Waals surface area (Å²) < 4.78 is 9.78. The molecule has 6 nitrogen and oxygen atoms in total. The largest absolute Gasteiger partial charge is 0.462 e. The fraction of sp³-hybridized carbons (Fsp3) is 0.111. The van der Waals surface area contributed by atoms with E-state index in [1.165, 1.54) is 0 Å². The number of ether oxygens (including phenoxy) is 1. The van der Waals surface area contributed by atoms with E-state index in [9.17, 15) is 9.59 Å². The van der Waals surface area contributed by atoms with Crippen molar-refractivity contribution in [3.63, 3.8) is 0 Å². The number of halogens is 1. The zero-order valence-electron chi connectivity index (χ0n) is 13.7. The third kappa shape index (κ3) is 4.14. The van der Waals surface area contributed by atoms with E-state index in [4.69, 9.17) is 4.74 Å². The molecule has 3 rings (SSSR count). The van der Waals surface area contributed by atoms with Crippen LogP contribution in [0.5, 0.6) is 0 Å². The van der Waals surface area contributed by atoms with Crippen molar-refractivity contribution >= 4 is 45.0 Å². The van der Waals surface area contributed by atoms with Crippen molar-refractivity contribution in [2.24, 2.45) is 0 Å². The lowest BCUT2D eigenvalue weighted by atomic mass is 10.1. The molecule has 0 saturated heterocycles. The van der Waals surface area contributed by atoms with Gasteiger partial charge < -0.3 is 10.1 Å². The minimum absolute atomic E-state index is 0.304. The van der Waals surface area contributed by atoms with Crippen molar-refractivity contribution in [2.75, 3.05) is 11.9 Å². The average Bonchev–Trinajstić information content (AvgIpc) is 3.13. The Morgan fingerprint density at radius 2 is 1.81 bits per heavy atom. The van der Waals surface area contributed by atoms with E-state index in [1.807, 2.05) is 24.3 Å². The van der Waals surface area contributed by atoms with Gasteiger partial charge in [-0.3, -0.25) is 4.79 Å². The second-order valence-corrected chi connectivity index (χ2v) is 6.88. The van der Waals surface area contributed by atoms with Crippen LogP contribution in [0.4, 0.5) is 5.69 Å². The Balaban J connectivity index is 1.76. The molecule has 0 unspecified atom stereocenters. The van der Waals surface area contributed by atoms with Gasteiger partial charge in [0.2, 0.25) is 0 Å². The lowest BCUT2D eigenvalue weighted by Gasteiger charge is -2.06. The van der Waals surface area contributed by atoms with Crippen molar-refractivity contribution in [3.05, 3.63) is 63.4 Å². The van der Waals surface area contributed by atoms with Crippen LogP contribution in [0.25, 0.3) is 11.3 Å². The highest BCUT2D eigenvalue weighted by atomic mass is 79.9. The second kappa shape index (κ2) is 8.20. The lowest BCUT2D eigenvalue weighted by molar-refractivity contribution is 0.0526. The number of nitrogens with one attached hydrogen (secondary N) is 1. The maximum Gasteiger partial charge on any atom is 0.338 e. The Kier molecular flexibility index (Phi) is 5.75. The maximum atomic E-state index is 12.6. The van der Waals surface area contributed by atoms with Crippen molar-refractivity contribution in [2.45, 2.75) is 6.92 Å². The number of esters is 1. The van der Waals surface area contributed by atoms with Crippen LogP contribution in [0, 0.1) is 0 Å². The highest BCUT2D eigenvalue weighted by Crippen LogP contribution is 2.26. The normalized spacial score (nSPS) is 10.4. The number of benzene rings is 2. The summed E-state index contributed by atoms with van der Waals surface area (Å²) in [5, 5.41) is 6.86. The summed E-state index contributed by atoms with van der Waals surface area (Å²) >= 11 is 4.41. The van der Waals surface area contributed by atoms with Gasteiger partial charge in [-0.25, -0.2) is 4.79 Å². The third-order valence-corrected chi connectivity index (χ3v) is 4.72. The summed E-state index contributed by atoms with van der Waals surface area (Å²) in [6.07, 6.45) is 0. The van der Waals surface area contributed by atoms with E-state index in [0.717, 1.165) is 21.6 Å². The maximum absolute atomic E-state index is 12.6. The van der Waals surface area contributed by atoms with E-state index in [-0.39, 0.29) is 5.91 Å². The summed E-state index contributed by atoms with van der Waals surface area (Å²) in [5.74, 6) is -0.698. The highest BCUT2D eigenvalue weighted by Gasteiger charge is 2.18. The SMILES string of the molecule is CCOC(=O)c1ccc(NC(=O)c2snnc2-c2ccc(Br)cc2)cc1. The number of aromatic nitrogens is 2. The van der Waals surface area contributed by atoms with Crippen molar-refractivity contribution in [1.82, 2.24) is 9.59 Å². The summed E-state index contributed by atoms with van der Waals surface area (Å²) in [7, 11) is 0. The van der Waals surface area contributed by atoms with Crippen molar-refractivity contribution in [3.8, 4) is 11.3 Å². The number of rotatable bonds is 5. The summed E-state index contributed by atoms with van der Waals surface area (Å²) in [6.45, 7) is 2.06. The molecule has 1 heterocycles. The van der Waals surface area contributed by atoms with Gasteiger partial charge in [0.25, 0.3) is 5.91 Å². The zero-order valence-corrected chi connectivity index (χ0v) is 16.1. The minimum Gasteiger partial charge on any atom is -0.462 e. The predicted octanol–water partition coefficient (Wildman–Crippen LogP) is 4.40. The highest BCUT2D eigenvalue weighted by molar-refractivity contribution is 9.10. The number of hydrogen-bond acceptors (Lipinski definition) is 6. The van der Waals surface area contributed by atoms with Gasteiger partial charge in [0, 0.05) is 15.7 Å². The first kappa shape index (κ1) is 18.2. The molecule has 8 heteroatoms. The molecule has 1 amide bonds. The Morgan fingerprint density at radius 3 is 2.46 bits per heavy atom. The molecule has 132 valence electrons.